The lowest BCUT2D eigenvalue weighted by Gasteiger charge is -2.04. The highest BCUT2D eigenvalue weighted by Crippen LogP contribution is 2.20. The molecule has 0 bridgehead atoms. The van der Waals surface area contributed by atoms with Crippen molar-refractivity contribution >= 4 is 40.6 Å². The molecule has 1 amide bonds. The summed E-state index contributed by atoms with van der Waals surface area (Å²) in [4.78, 5) is 23.9. The van der Waals surface area contributed by atoms with Gasteiger partial charge in [0.05, 0.1) is 12.8 Å². The van der Waals surface area contributed by atoms with E-state index in [0.717, 1.165) is 16.5 Å². The fraction of sp³-hybridized carbons (Fsp3) is 0.150. The van der Waals surface area contributed by atoms with Crippen molar-refractivity contribution in [2.24, 2.45) is 5.10 Å². The van der Waals surface area contributed by atoms with Gasteiger partial charge in [-0.3, -0.25) is 9.59 Å². The van der Waals surface area contributed by atoms with Gasteiger partial charge in [-0.05, 0) is 37.3 Å². The van der Waals surface area contributed by atoms with E-state index in [9.17, 15) is 9.59 Å². The number of nitrogens with zero attached hydrogens (tertiary/aromatic N) is 2. The highest BCUT2D eigenvalue weighted by Gasteiger charge is 2.10. The lowest BCUT2D eigenvalue weighted by Crippen LogP contribution is -2.17. The quantitative estimate of drug-likeness (QED) is 0.401. The summed E-state index contributed by atoms with van der Waals surface area (Å²) in [6.07, 6.45) is 3.36. The van der Waals surface area contributed by atoms with E-state index in [1.54, 1.807) is 48.2 Å². The molecule has 7 heteroatoms. The molecule has 0 aliphatic rings. The van der Waals surface area contributed by atoms with Crippen molar-refractivity contribution in [1.29, 1.82) is 0 Å². The van der Waals surface area contributed by atoms with E-state index in [2.05, 4.69) is 10.5 Å². The summed E-state index contributed by atoms with van der Waals surface area (Å²) in [5, 5.41) is 5.51. The minimum Gasteiger partial charge on any atom is -0.465 e. The van der Waals surface area contributed by atoms with Crippen LogP contribution >= 0.6 is 11.6 Å². The molecule has 0 radical (unpaired) electrons. The summed E-state index contributed by atoms with van der Waals surface area (Å²) in [5.41, 5.74) is 4.62. The number of hydrazone groups is 1. The largest absolute Gasteiger partial charge is 0.465 e. The summed E-state index contributed by atoms with van der Waals surface area (Å²) in [6.45, 7) is 2.22. The molecule has 2 aromatic carbocycles. The van der Waals surface area contributed by atoms with Crippen LogP contribution in [0.4, 0.5) is 0 Å². The van der Waals surface area contributed by atoms with Crippen molar-refractivity contribution in [3.8, 4) is 0 Å². The number of hydrogen-bond acceptors (Lipinski definition) is 4. The first-order chi connectivity index (χ1) is 13.1. The Morgan fingerprint density at radius 1 is 1.19 bits per heavy atom. The number of carbonyl (C=O) groups excluding carboxylic acids is 2. The van der Waals surface area contributed by atoms with Crippen LogP contribution in [0, 0.1) is 0 Å². The Morgan fingerprint density at radius 2 is 1.93 bits per heavy atom. The van der Waals surface area contributed by atoms with Gasteiger partial charge in [0, 0.05) is 33.2 Å². The fourth-order valence-corrected chi connectivity index (χ4v) is 2.81. The number of para-hydroxylation sites is 1. The Labute approximate surface area is 161 Å². The van der Waals surface area contributed by atoms with Gasteiger partial charge < -0.3 is 9.30 Å². The van der Waals surface area contributed by atoms with E-state index in [1.807, 2.05) is 24.3 Å². The van der Waals surface area contributed by atoms with Crippen LogP contribution in [0.5, 0.6) is 0 Å². The van der Waals surface area contributed by atoms with Crippen LogP contribution in [-0.2, 0) is 16.1 Å². The zero-order valence-corrected chi connectivity index (χ0v) is 15.4. The summed E-state index contributed by atoms with van der Waals surface area (Å²) in [6, 6.07) is 14.2. The summed E-state index contributed by atoms with van der Waals surface area (Å²) in [7, 11) is 0. The van der Waals surface area contributed by atoms with Crippen molar-refractivity contribution < 1.29 is 14.3 Å². The molecule has 0 fully saturated rings. The average Bonchev–Trinajstić information content (AvgIpc) is 3.00. The van der Waals surface area contributed by atoms with E-state index >= 15 is 0 Å². The van der Waals surface area contributed by atoms with Gasteiger partial charge in [-0.15, -0.1) is 0 Å². The van der Waals surface area contributed by atoms with Crippen molar-refractivity contribution in [1.82, 2.24) is 9.99 Å². The normalized spacial score (nSPS) is 11.0. The predicted molar refractivity (Wildman–Crippen MR) is 105 cm³/mol. The van der Waals surface area contributed by atoms with Gasteiger partial charge in [0.1, 0.15) is 6.54 Å². The standard InChI is InChI=1S/C20H18ClN3O3/c1-2-27-19(25)13-24-12-15(17-5-3-4-6-18(17)24)11-22-23-20(26)14-7-9-16(21)10-8-14/h3-12H,2,13H2,1H3,(H,23,26)/b22-11-. The smallest absolute Gasteiger partial charge is 0.325 e. The van der Waals surface area contributed by atoms with E-state index in [4.69, 9.17) is 16.3 Å². The van der Waals surface area contributed by atoms with Gasteiger partial charge >= 0.3 is 5.97 Å². The monoisotopic (exact) mass is 383 g/mol. The highest BCUT2D eigenvalue weighted by atomic mass is 35.5. The van der Waals surface area contributed by atoms with Crippen molar-refractivity contribution in [2.75, 3.05) is 6.61 Å². The third-order valence-electron chi connectivity index (χ3n) is 3.90. The number of carbonyl (C=O) groups is 2. The van der Waals surface area contributed by atoms with Crippen LogP contribution in [0.25, 0.3) is 10.9 Å². The molecule has 1 heterocycles. The number of fused-ring (bicyclic) bond motifs is 1. The molecule has 0 atom stereocenters. The Hall–Kier alpha value is -3.12. The lowest BCUT2D eigenvalue weighted by atomic mass is 10.2. The van der Waals surface area contributed by atoms with Gasteiger partial charge in [-0.1, -0.05) is 29.8 Å². The third kappa shape index (κ3) is 4.54. The van der Waals surface area contributed by atoms with Crippen LogP contribution in [0.2, 0.25) is 5.02 Å². The second kappa shape index (κ2) is 8.51. The number of halogens is 1. The fourth-order valence-electron chi connectivity index (χ4n) is 2.68. The molecular formula is C20H18ClN3O3. The van der Waals surface area contributed by atoms with Gasteiger partial charge in [0.25, 0.3) is 5.91 Å². The maximum absolute atomic E-state index is 12.1. The number of rotatable bonds is 6. The molecule has 138 valence electrons. The second-order valence-corrected chi connectivity index (χ2v) is 6.18. The van der Waals surface area contributed by atoms with Crippen LogP contribution in [0.15, 0.2) is 59.8 Å². The molecule has 0 unspecified atom stereocenters. The third-order valence-corrected chi connectivity index (χ3v) is 4.15. The molecule has 0 aliphatic heterocycles. The Bertz CT molecular complexity index is 993. The maximum atomic E-state index is 12.1. The molecule has 3 rings (SSSR count). The minimum atomic E-state index is -0.335. The zero-order chi connectivity index (χ0) is 19.2. The van der Waals surface area contributed by atoms with Crippen LogP contribution in [-0.4, -0.2) is 29.3 Å². The molecule has 6 nitrogen and oxygen atoms in total. The van der Waals surface area contributed by atoms with Crippen molar-refractivity contribution in [3.05, 3.63) is 70.9 Å². The van der Waals surface area contributed by atoms with Crippen molar-refractivity contribution in [3.63, 3.8) is 0 Å². The average molecular weight is 384 g/mol. The first-order valence-electron chi connectivity index (χ1n) is 8.41. The summed E-state index contributed by atoms with van der Waals surface area (Å²) >= 11 is 5.82. The highest BCUT2D eigenvalue weighted by molar-refractivity contribution is 6.30. The van der Waals surface area contributed by atoms with Crippen LogP contribution in [0.1, 0.15) is 22.8 Å². The van der Waals surface area contributed by atoms with E-state index in [0.29, 0.717) is 17.2 Å². The molecule has 27 heavy (non-hydrogen) atoms. The van der Waals surface area contributed by atoms with E-state index in [1.165, 1.54) is 0 Å². The first-order valence-corrected chi connectivity index (χ1v) is 8.78. The minimum absolute atomic E-state index is 0.110. The number of ether oxygens (including phenoxy) is 1. The van der Waals surface area contributed by atoms with E-state index in [-0.39, 0.29) is 18.4 Å². The molecule has 3 aromatic rings. The molecule has 0 saturated heterocycles. The molecular weight excluding hydrogens is 366 g/mol. The van der Waals surface area contributed by atoms with Crippen molar-refractivity contribution in [2.45, 2.75) is 13.5 Å². The molecule has 0 saturated carbocycles. The van der Waals surface area contributed by atoms with Crippen LogP contribution < -0.4 is 5.43 Å². The molecule has 1 N–H and O–H groups in total. The van der Waals surface area contributed by atoms with Crippen LogP contribution in [0.3, 0.4) is 0 Å². The number of nitrogens with one attached hydrogen (secondary N) is 1. The SMILES string of the molecule is CCOC(=O)Cn1cc(/C=N\NC(=O)c2ccc(Cl)cc2)c2ccccc21. The Balaban J connectivity index is 1.78. The van der Waals surface area contributed by atoms with Gasteiger partial charge in [0.15, 0.2) is 0 Å². The topological polar surface area (TPSA) is 72.7 Å². The Kier molecular flexibility index (Phi) is 5.88. The number of hydrogen-bond donors (Lipinski definition) is 1. The molecule has 1 aromatic heterocycles. The number of aromatic nitrogens is 1. The Morgan fingerprint density at radius 3 is 2.67 bits per heavy atom. The molecule has 0 aliphatic carbocycles. The van der Waals surface area contributed by atoms with E-state index < -0.39 is 0 Å². The summed E-state index contributed by atoms with van der Waals surface area (Å²) < 4.78 is 6.82. The second-order valence-electron chi connectivity index (χ2n) is 5.74. The lowest BCUT2D eigenvalue weighted by molar-refractivity contribution is -0.143. The number of benzene rings is 2. The first kappa shape index (κ1) is 18.7. The predicted octanol–water partition coefficient (Wildman–Crippen LogP) is 3.62. The number of amides is 1. The van der Waals surface area contributed by atoms with Gasteiger partial charge in [-0.25, -0.2) is 5.43 Å². The number of esters is 1. The van der Waals surface area contributed by atoms with Gasteiger partial charge in [0.2, 0.25) is 0 Å². The zero-order valence-electron chi connectivity index (χ0n) is 14.7. The maximum Gasteiger partial charge on any atom is 0.325 e. The molecule has 0 spiro atoms. The van der Waals surface area contributed by atoms with Gasteiger partial charge in [-0.2, -0.15) is 5.10 Å². The summed E-state index contributed by atoms with van der Waals surface area (Å²) in [5.74, 6) is -0.643.